The number of aliphatic carboxylic acids is 1. The van der Waals surface area contributed by atoms with Crippen molar-refractivity contribution in [2.75, 3.05) is 0 Å². The fourth-order valence-electron chi connectivity index (χ4n) is 2.73. The van der Waals surface area contributed by atoms with Gasteiger partial charge in [-0.2, -0.15) is 0 Å². The molecule has 0 aromatic carbocycles. The van der Waals surface area contributed by atoms with E-state index in [0.717, 1.165) is 37.2 Å². The number of amides is 1. The van der Waals surface area contributed by atoms with Crippen LogP contribution < -0.4 is 5.32 Å². The van der Waals surface area contributed by atoms with Crippen molar-refractivity contribution in [2.24, 2.45) is 0 Å². The molecule has 0 bridgehead atoms. The van der Waals surface area contributed by atoms with Gasteiger partial charge in [-0.15, -0.1) is 5.10 Å². The van der Waals surface area contributed by atoms with Crippen molar-refractivity contribution in [3.05, 3.63) is 10.6 Å². The molecule has 1 heterocycles. The lowest BCUT2D eigenvalue weighted by atomic mass is 9.90. The summed E-state index contributed by atoms with van der Waals surface area (Å²) < 4.78 is 3.83. The number of carboxylic acid groups (broad SMARTS) is 1. The monoisotopic (exact) mass is 311 g/mol. The van der Waals surface area contributed by atoms with Crippen LogP contribution in [0.15, 0.2) is 0 Å². The van der Waals surface area contributed by atoms with Gasteiger partial charge in [-0.05, 0) is 30.3 Å². The van der Waals surface area contributed by atoms with Gasteiger partial charge in [-0.3, -0.25) is 4.79 Å². The van der Waals surface area contributed by atoms with E-state index in [2.05, 4.69) is 14.9 Å². The highest BCUT2D eigenvalue weighted by Crippen LogP contribution is 2.29. The van der Waals surface area contributed by atoms with Crippen LogP contribution in [0.1, 0.15) is 73.7 Å². The first-order valence-electron chi connectivity index (χ1n) is 7.34. The molecule has 1 amide bonds. The highest BCUT2D eigenvalue weighted by molar-refractivity contribution is 7.08. The molecule has 0 atom stereocenters. The van der Waals surface area contributed by atoms with Gasteiger partial charge in [-0.25, -0.2) is 4.79 Å². The Bertz CT molecular complexity index is 519. The zero-order valence-electron chi connectivity index (χ0n) is 12.4. The van der Waals surface area contributed by atoms with Crippen molar-refractivity contribution in [1.82, 2.24) is 14.9 Å². The predicted octanol–water partition coefficient (Wildman–Crippen LogP) is 2.57. The van der Waals surface area contributed by atoms with Gasteiger partial charge in [0, 0.05) is 0 Å². The minimum Gasteiger partial charge on any atom is -0.480 e. The van der Waals surface area contributed by atoms with Crippen molar-refractivity contribution in [2.45, 2.75) is 63.8 Å². The summed E-state index contributed by atoms with van der Waals surface area (Å²) in [6.45, 7) is 3.87. The van der Waals surface area contributed by atoms with Gasteiger partial charge in [0.1, 0.15) is 10.4 Å². The van der Waals surface area contributed by atoms with Gasteiger partial charge in [0.25, 0.3) is 5.91 Å². The number of hydrogen-bond acceptors (Lipinski definition) is 5. The van der Waals surface area contributed by atoms with E-state index in [1.165, 1.54) is 0 Å². The maximum Gasteiger partial charge on any atom is 0.329 e. The number of aromatic nitrogens is 2. The van der Waals surface area contributed by atoms with Gasteiger partial charge in [0.2, 0.25) is 0 Å². The Balaban J connectivity index is 2.22. The number of carbonyl (C=O) groups excluding carboxylic acids is 1. The van der Waals surface area contributed by atoms with Crippen LogP contribution in [0.3, 0.4) is 0 Å². The molecule has 6 nitrogen and oxygen atoms in total. The maximum atomic E-state index is 12.5. The van der Waals surface area contributed by atoms with E-state index in [-0.39, 0.29) is 11.8 Å². The summed E-state index contributed by atoms with van der Waals surface area (Å²) >= 11 is 1.02. The normalized spacial score (nSPS) is 18.2. The average Bonchev–Trinajstić information content (AvgIpc) is 2.80. The van der Waals surface area contributed by atoms with E-state index in [0.29, 0.717) is 23.4 Å². The molecular formula is C14H21N3O3S. The summed E-state index contributed by atoms with van der Waals surface area (Å²) in [5, 5.41) is 16.3. The predicted molar refractivity (Wildman–Crippen MR) is 79.5 cm³/mol. The molecule has 116 valence electrons. The van der Waals surface area contributed by atoms with E-state index in [9.17, 15) is 14.7 Å². The Morgan fingerprint density at radius 1 is 1.24 bits per heavy atom. The van der Waals surface area contributed by atoms with Crippen LogP contribution in [0.4, 0.5) is 0 Å². The number of carbonyl (C=O) groups is 2. The molecular weight excluding hydrogens is 290 g/mol. The number of hydrogen-bond donors (Lipinski definition) is 2. The quantitative estimate of drug-likeness (QED) is 0.834. The Morgan fingerprint density at radius 2 is 1.86 bits per heavy atom. The Morgan fingerprint density at radius 3 is 2.38 bits per heavy atom. The van der Waals surface area contributed by atoms with E-state index in [1.54, 1.807) is 0 Å². The van der Waals surface area contributed by atoms with Crippen LogP contribution in [0.5, 0.6) is 0 Å². The van der Waals surface area contributed by atoms with Gasteiger partial charge in [-0.1, -0.05) is 44.0 Å². The van der Waals surface area contributed by atoms with Crippen LogP contribution in [0, 0.1) is 0 Å². The molecule has 0 saturated heterocycles. The van der Waals surface area contributed by atoms with Crippen LogP contribution >= 0.6 is 11.5 Å². The maximum absolute atomic E-state index is 12.5. The summed E-state index contributed by atoms with van der Waals surface area (Å²) in [7, 11) is 0. The van der Waals surface area contributed by atoms with Gasteiger partial charge in [0.05, 0.1) is 5.69 Å². The van der Waals surface area contributed by atoms with Gasteiger partial charge in [0.15, 0.2) is 0 Å². The molecule has 1 aliphatic rings. The third-order valence-corrected chi connectivity index (χ3v) is 4.73. The third-order valence-electron chi connectivity index (χ3n) is 3.99. The summed E-state index contributed by atoms with van der Waals surface area (Å²) in [5.74, 6) is -1.22. The van der Waals surface area contributed by atoms with E-state index < -0.39 is 11.5 Å². The Labute approximate surface area is 128 Å². The molecule has 0 aliphatic heterocycles. The molecule has 0 radical (unpaired) electrons. The molecule has 1 aliphatic carbocycles. The third kappa shape index (κ3) is 3.40. The second-order valence-electron chi connectivity index (χ2n) is 5.90. The summed E-state index contributed by atoms with van der Waals surface area (Å²) in [6, 6.07) is 0. The van der Waals surface area contributed by atoms with E-state index in [4.69, 9.17) is 0 Å². The first kappa shape index (κ1) is 15.9. The molecule has 0 unspecified atom stereocenters. The van der Waals surface area contributed by atoms with Gasteiger partial charge < -0.3 is 10.4 Å². The Hall–Kier alpha value is -1.50. The standard InChI is InChI=1S/C14H21N3O3S/c1-9(2)10-11(21-17-16-10)12(18)15-14(13(19)20)7-5-3-4-6-8-14/h9H,3-8H2,1-2H3,(H,15,18)(H,19,20). The molecule has 2 N–H and O–H groups in total. The van der Waals surface area contributed by atoms with E-state index >= 15 is 0 Å². The number of carboxylic acids is 1. The molecule has 21 heavy (non-hydrogen) atoms. The SMILES string of the molecule is CC(C)c1nnsc1C(=O)NC1(C(=O)O)CCCCCC1. The number of nitrogens with one attached hydrogen (secondary N) is 1. The summed E-state index contributed by atoms with van der Waals surface area (Å²) in [5.41, 5.74) is -0.516. The molecule has 1 aromatic rings. The van der Waals surface area contributed by atoms with Crippen LogP contribution in [0.2, 0.25) is 0 Å². The van der Waals surface area contributed by atoms with Crippen molar-refractivity contribution in [3.8, 4) is 0 Å². The molecule has 2 rings (SSSR count). The summed E-state index contributed by atoms with van der Waals surface area (Å²) in [6.07, 6.45) is 4.65. The molecule has 1 fully saturated rings. The zero-order valence-corrected chi connectivity index (χ0v) is 13.2. The van der Waals surface area contributed by atoms with Gasteiger partial charge >= 0.3 is 5.97 Å². The lowest BCUT2D eigenvalue weighted by molar-refractivity contribution is -0.145. The van der Waals surface area contributed by atoms with Crippen molar-refractivity contribution >= 4 is 23.4 Å². The Kier molecular flexibility index (Phi) is 4.92. The first-order chi connectivity index (χ1) is 9.96. The fourth-order valence-corrected chi connectivity index (χ4v) is 3.45. The highest BCUT2D eigenvalue weighted by atomic mass is 32.1. The highest BCUT2D eigenvalue weighted by Gasteiger charge is 2.41. The van der Waals surface area contributed by atoms with Crippen LogP contribution in [-0.4, -0.2) is 32.1 Å². The van der Waals surface area contributed by atoms with E-state index in [1.807, 2.05) is 13.8 Å². The smallest absolute Gasteiger partial charge is 0.329 e. The zero-order chi connectivity index (χ0) is 15.5. The largest absolute Gasteiger partial charge is 0.480 e. The summed E-state index contributed by atoms with van der Waals surface area (Å²) in [4.78, 5) is 24.6. The second kappa shape index (κ2) is 6.51. The molecule has 1 saturated carbocycles. The molecule has 1 aromatic heterocycles. The van der Waals surface area contributed by atoms with Crippen LogP contribution in [0.25, 0.3) is 0 Å². The second-order valence-corrected chi connectivity index (χ2v) is 6.65. The lowest BCUT2D eigenvalue weighted by Crippen LogP contribution is -2.54. The lowest BCUT2D eigenvalue weighted by Gasteiger charge is -2.29. The minimum atomic E-state index is -1.15. The minimum absolute atomic E-state index is 0.0828. The fraction of sp³-hybridized carbons (Fsp3) is 0.714. The number of nitrogens with zero attached hydrogens (tertiary/aromatic N) is 2. The molecule has 7 heteroatoms. The average molecular weight is 311 g/mol. The van der Waals surface area contributed by atoms with Crippen LogP contribution in [-0.2, 0) is 4.79 Å². The topological polar surface area (TPSA) is 92.2 Å². The first-order valence-corrected chi connectivity index (χ1v) is 8.12. The van der Waals surface area contributed by atoms with Crippen molar-refractivity contribution < 1.29 is 14.7 Å². The van der Waals surface area contributed by atoms with Crippen molar-refractivity contribution in [3.63, 3.8) is 0 Å². The molecule has 0 spiro atoms. The van der Waals surface area contributed by atoms with Crippen molar-refractivity contribution in [1.29, 1.82) is 0 Å². The number of rotatable bonds is 4.